The molecule has 0 bridgehead atoms. The predicted molar refractivity (Wildman–Crippen MR) is 124 cm³/mol. The van der Waals surface area contributed by atoms with Crippen LogP contribution in [0.4, 0.5) is 5.69 Å². The highest BCUT2D eigenvalue weighted by Gasteiger charge is 2.44. The van der Waals surface area contributed by atoms with Crippen LogP contribution >= 0.6 is 0 Å². The maximum absolute atomic E-state index is 12.6. The summed E-state index contributed by atoms with van der Waals surface area (Å²) in [6.07, 6.45) is 3.51. The van der Waals surface area contributed by atoms with Crippen LogP contribution in [0.2, 0.25) is 0 Å². The Labute approximate surface area is 183 Å². The first-order chi connectivity index (χ1) is 15.1. The van der Waals surface area contributed by atoms with Crippen LogP contribution < -0.4 is 4.90 Å². The van der Waals surface area contributed by atoms with E-state index in [1.165, 1.54) is 21.9 Å². The molecule has 1 atom stereocenters. The van der Waals surface area contributed by atoms with Crippen LogP contribution in [0.15, 0.2) is 66.7 Å². The molecule has 31 heavy (non-hydrogen) atoms. The predicted octanol–water partition coefficient (Wildman–Crippen LogP) is 5.24. The highest BCUT2D eigenvalue weighted by atomic mass is 16.2. The second-order valence-corrected chi connectivity index (χ2v) is 8.79. The fourth-order valence-electron chi connectivity index (χ4n) is 5.66. The number of hydrogen-bond acceptors (Lipinski definition) is 3. The number of amides is 1. The number of nitrogens with zero attached hydrogens (tertiary/aromatic N) is 3. The Kier molecular flexibility index (Phi) is 5.00. The molecule has 3 aromatic carbocycles. The molecule has 5 rings (SSSR count). The number of carbonyl (C=O) groups is 1. The molecule has 1 saturated heterocycles. The first kappa shape index (κ1) is 19.8. The van der Waals surface area contributed by atoms with E-state index in [0.29, 0.717) is 18.9 Å². The van der Waals surface area contributed by atoms with Crippen molar-refractivity contribution >= 4 is 22.4 Å². The molecule has 1 unspecified atom stereocenters. The summed E-state index contributed by atoms with van der Waals surface area (Å²) in [4.78, 5) is 16.9. The lowest BCUT2D eigenvalue weighted by Crippen LogP contribution is -2.57. The van der Waals surface area contributed by atoms with Crippen LogP contribution in [0, 0.1) is 11.3 Å². The molecule has 2 aliphatic rings. The number of carbonyl (C=O) groups excluding carboxylic acids is 1. The topological polar surface area (TPSA) is 47.3 Å². The van der Waals surface area contributed by atoms with Gasteiger partial charge in [-0.3, -0.25) is 14.6 Å². The van der Waals surface area contributed by atoms with Crippen molar-refractivity contribution in [3.05, 3.63) is 77.9 Å². The van der Waals surface area contributed by atoms with Gasteiger partial charge in [0.25, 0.3) is 0 Å². The minimum absolute atomic E-state index is 0.0717. The highest BCUT2D eigenvalue weighted by Crippen LogP contribution is 2.42. The molecule has 0 spiro atoms. The first-order valence-corrected chi connectivity index (χ1v) is 11.1. The quantitative estimate of drug-likeness (QED) is 0.594. The van der Waals surface area contributed by atoms with Crippen molar-refractivity contribution in [1.82, 2.24) is 4.90 Å². The molecule has 1 amide bonds. The Hall–Kier alpha value is -3.16. The molecule has 4 heteroatoms. The van der Waals surface area contributed by atoms with E-state index in [1.807, 2.05) is 30.3 Å². The van der Waals surface area contributed by atoms with Gasteiger partial charge in [0.05, 0.1) is 6.07 Å². The number of nitriles is 1. The average molecular weight is 410 g/mol. The zero-order valence-electron chi connectivity index (χ0n) is 17.9. The van der Waals surface area contributed by atoms with E-state index in [-0.39, 0.29) is 5.91 Å². The van der Waals surface area contributed by atoms with Crippen LogP contribution in [-0.2, 0) is 11.2 Å². The monoisotopic (exact) mass is 409 g/mol. The third-order valence-electron chi connectivity index (χ3n) is 7.10. The average Bonchev–Trinajstić information content (AvgIpc) is 2.81. The summed E-state index contributed by atoms with van der Waals surface area (Å²) in [5.41, 5.74) is 2.87. The number of anilines is 1. The number of piperidine rings is 1. The molecule has 1 heterocycles. The van der Waals surface area contributed by atoms with Crippen LogP contribution in [0.3, 0.4) is 0 Å². The van der Waals surface area contributed by atoms with Gasteiger partial charge < -0.3 is 0 Å². The minimum Gasteiger partial charge on any atom is -0.296 e. The van der Waals surface area contributed by atoms with Crippen LogP contribution in [0.5, 0.6) is 0 Å². The summed E-state index contributed by atoms with van der Waals surface area (Å²) < 4.78 is 0. The Bertz CT molecular complexity index is 1150. The molecule has 3 aromatic rings. The van der Waals surface area contributed by atoms with Gasteiger partial charge in [0.15, 0.2) is 0 Å². The van der Waals surface area contributed by atoms with E-state index in [4.69, 9.17) is 0 Å². The third kappa shape index (κ3) is 3.30. The van der Waals surface area contributed by atoms with E-state index < -0.39 is 5.54 Å². The van der Waals surface area contributed by atoms with Crippen LogP contribution in [0.1, 0.15) is 43.4 Å². The van der Waals surface area contributed by atoms with Gasteiger partial charge in [-0.15, -0.1) is 0 Å². The summed E-state index contributed by atoms with van der Waals surface area (Å²) in [5.74, 6) is -0.0717. The second-order valence-electron chi connectivity index (χ2n) is 8.79. The van der Waals surface area contributed by atoms with E-state index in [0.717, 1.165) is 31.6 Å². The van der Waals surface area contributed by atoms with Crippen molar-refractivity contribution in [3.63, 3.8) is 0 Å². The molecule has 1 aliphatic carbocycles. The molecule has 1 fully saturated rings. The Balaban J connectivity index is 1.43. The number of aryl methyl sites for hydroxylation is 1. The number of rotatable bonds is 3. The summed E-state index contributed by atoms with van der Waals surface area (Å²) >= 11 is 0. The fourth-order valence-corrected chi connectivity index (χ4v) is 5.66. The molecule has 0 N–H and O–H groups in total. The number of likely N-dealkylation sites (tertiary alicyclic amines) is 1. The van der Waals surface area contributed by atoms with Gasteiger partial charge in [0.2, 0.25) is 5.91 Å². The van der Waals surface area contributed by atoms with E-state index in [1.54, 1.807) is 11.8 Å². The molecule has 0 aromatic heterocycles. The molecular weight excluding hydrogens is 382 g/mol. The zero-order valence-corrected chi connectivity index (χ0v) is 17.9. The third-order valence-corrected chi connectivity index (χ3v) is 7.10. The maximum Gasteiger partial charge on any atom is 0.225 e. The van der Waals surface area contributed by atoms with Gasteiger partial charge in [0.1, 0.15) is 5.54 Å². The summed E-state index contributed by atoms with van der Waals surface area (Å²) in [5, 5.41) is 12.9. The normalized spacial score (nSPS) is 20.2. The van der Waals surface area contributed by atoms with Gasteiger partial charge in [-0.05, 0) is 59.7 Å². The first-order valence-electron chi connectivity index (χ1n) is 11.1. The Morgan fingerprint density at radius 2 is 1.74 bits per heavy atom. The lowest BCUT2D eigenvalue weighted by molar-refractivity contribution is -0.117. The van der Waals surface area contributed by atoms with Crippen molar-refractivity contribution in [1.29, 1.82) is 5.26 Å². The molecule has 0 radical (unpaired) electrons. The minimum atomic E-state index is -0.789. The smallest absolute Gasteiger partial charge is 0.225 e. The summed E-state index contributed by atoms with van der Waals surface area (Å²) in [6.45, 7) is 3.19. The second kappa shape index (κ2) is 7.83. The van der Waals surface area contributed by atoms with Gasteiger partial charge in [-0.2, -0.15) is 5.26 Å². The van der Waals surface area contributed by atoms with E-state index >= 15 is 0 Å². The fraction of sp³-hybridized carbons (Fsp3) is 0.333. The molecule has 1 aliphatic heterocycles. The maximum atomic E-state index is 12.6. The highest BCUT2D eigenvalue weighted by molar-refractivity contribution is 5.94. The van der Waals surface area contributed by atoms with Gasteiger partial charge in [-0.25, -0.2) is 0 Å². The standard InChI is InChI=1S/C27H27N3O/c1-20(31)30(23-10-3-2-4-11-23)27(19-28)15-17-29(18-16-27)25-14-13-22-8-5-7-21-9-6-12-24(25)26(21)22/h2-12,25H,13-18H2,1H3. The molecule has 156 valence electrons. The van der Waals surface area contributed by atoms with Crippen molar-refractivity contribution in [3.8, 4) is 6.07 Å². The van der Waals surface area contributed by atoms with E-state index in [9.17, 15) is 10.1 Å². The van der Waals surface area contributed by atoms with Crippen LogP contribution in [0.25, 0.3) is 10.8 Å². The van der Waals surface area contributed by atoms with Crippen molar-refractivity contribution in [2.24, 2.45) is 0 Å². The van der Waals surface area contributed by atoms with E-state index in [2.05, 4.69) is 47.4 Å². The lowest BCUT2D eigenvalue weighted by atomic mass is 9.81. The Morgan fingerprint density at radius 1 is 1.03 bits per heavy atom. The van der Waals surface area contributed by atoms with Crippen LogP contribution in [-0.4, -0.2) is 29.4 Å². The lowest BCUT2D eigenvalue weighted by Gasteiger charge is -2.46. The Morgan fingerprint density at radius 3 is 2.42 bits per heavy atom. The zero-order chi connectivity index (χ0) is 21.4. The molecular formula is C27H27N3O. The van der Waals surface area contributed by atoms with Crippen molar-refractivity contribution < 1.29 is 4.79 Å². The number of hydrogen-bond donors (Lipinski definition) is 0. The molecule has 4 nitrogen and oxygen atoms in total. The molecule has 0 saturated carbocycles. The summed E-state index contributed by atoms with van der Waals surface area (Å²) in [6, 6.07) is 25.8. The van der Waals surface area contributed by atoms with Gasteiger partial charge in [-0.1, -0.05) is 54.6 Å². The number of benzene rings is 3. The van der Waals surface area contributed by atoms with Crippen molar-refractivity contribution in [2.45, 2.75) is 44.2 Å². The largest absolute Gasteiger partial charge is 0.296 e. The van der Waals surface area contributed by atoms with Gasteiger partial charge in [0, 0.05) is 31.7 Å². The SMILES string of the molecule is CC(=O)N(c1ccccc1)C1(C#N)CCN(C2CCc3cccc4cccc2c34)CC1. The summed E-state index contributed by atoms with van der Waals surface area (Å²) in [7, 11) is 0. The van der Waals surface area contributed by atoms with Crippen molar-refractivity contribution in [2.75, 3.05) is 18.0 Å². The number of para-hydroxylation sites is 1. The van der Waals surface area contributed by atoms with Gasteiger partial charge >= 0.3 is 0 Å².